The number of carbonyl (C=O) groups excluding carboxylic acids is 2. The lowest BCUT2D eigenvalue weighted by atomic mass is 10.2. The van der Waals surface area contributed by atoms with E-state index in [-0.39, 0.29) is 11.8 Å². The average molecular weight is 369 g/mol. The van der Waals surface area contributed by atoms with Crippen molar-refractivity contribution in [2.45, 2.75) is 13.3 Å². The van der Waals surface area contributed by atoms with Gasteiger partial charge in [-0.15, -0.1) is 11.3 Å². The van der Waals surface area contributed by atoms with Gasteiger partial charge in [-0.25, -0.2) is 4.98 Å². The summed E-state index contributed by atoms with van der Waals surface area (Å²) in [6.07, 6.45) is 0.329. The Bertz CT molecular complexity index is 921. The summed E-state index contributed by atoms with van der Waals surface area (Å²) >= 11 is 1.51. The molecule has 134 valence electrons. The Kier molecular flexibility index (Phi) is 4.46. The fourth-order valence-electron chi connectivity index (χ4n) is 3.13. The molecule has 0 N–H and O–H groups in total. The first kappa shape index (κ1) is 16.8. The summed E-state index contributed by atoms with van der Waals surface area (Å²) in [5.74, 6) is 0.295. The molecule has 1 fully saturated rings. The lowest BCUT2D eigenvalue weighted by Gasteiger charge is -2.34. The number of aryl methyl sites for hydroxylation is 1. The maximum absolute atomic E-state index is 12.7. The largest absolute Gasteiger partial charge is 0.451 e. The number of hydrogen-bond donors (Lipinski definition) is 0. The minimum absolute atomic E-state index is 0.0650. The van der Waals surface area contributed by atoms with E-state index in [1.807, 2.05) is 36.6 Å². The number of thiazole rings is 1. The molecule has 7 heteroatoms. The van der Waals surface area contributed by atoms with E-state index in [0.717, 1.165) is 16.1 Å². The lowest BCUT2D eigenvalue weighted by Crippen LogP contribution is -2.50. The van der Waals surface area contributed by atoms with Crippen molar-refractivity contribution < 1.29 is 14.0 Å². The first-order valence-electron chi connectivity index (χ1n) is 8.57. The van der Waals surface area contributed by atoms with Gasteiger partial charge in [-0.2, -0.15) is 0 Å². The third-order valence-electron chi connectivity index (χ3n) is 4.52. The molecule has 1 aliphatic heterocycles. The van der Waals surface area contributed by atoms with Gasteiger partial charge in [0, 0.05) is 42.6 Å². The molecule has 0 saturated carbocycles. The molecule has 0 atom stereocenters. The summed E-state index contributed by atoms with van der Waals surface area (Å²) < 4.78 is 5.66. The highest BCUT2D eigenvalue weighted by Gasteiger charge is 2.27. The average Bonchev–Trinajstić information content (AvgIpc) is 3.27. The Hall–Kier alpha value is -2.67. The third kappa shape index (κ3) is 3.35. The standard InChI is InChI=1S/C19H19N3O3S/c1-13-12-26-17(20-13)11-18(23)21-6-8-22(9-7-21)19(24)16-10-14-4-2-3-5-15(14)25-16/h2-5,10,12H,6-9,11H2,1H3. The van der Waals surface area contributed by atoms with E-state index < -0.39 is 0 Å². The van der Waals surface area contributed by atoms with Gasteiger partial charge in [-0.3, -0.25) is 9.59 Å². The van der Waals surface area contributed by atoms with Crippen molar-refractivity contribution in [1.29, 1.82) is 0 Å². The molecule has 2 aromatic heterocycles. The van der Waals surface area contributed by atoms with E-state index in [1.54, 1.807) is 15.9 Å². The Balaban J connectivity index is 1.36. The number of furan rings is 1. The van der Waals surface area contributed by atoms with Crippen LogP contribution >= 0.6 is 11.3 Å². The van der Waals surface area contributed by atoms with Gasteiger partial charge in [0.1, 0.15) is 10.6 Å². The highest BCUT2D eigenvalue weighted by Crippen LogP contribution is 2.21. The van der Waals surface area contributed by atoms with E-state index in [9.17, 15) is 9.59 Å². The molecule has 1 saturated heterocycles. The van der Waals surface area contributed by atoms with Gasteiger partial charge in [-0.1, -0.05) is 18.2 Å². The number of benzene rings is 1. The predicted molar refractivity (Wildman–Crippen MR) is 99.3 cm³/mol. The molecular formula is C19H19N3O3S. The van der Waals surface area contributed by atoms with E-state index >= 15 is 0 Å². The summed E-state index contributed by atoms with van der Waals surface area (Å²) in [6, 6.07) is 9.35. The van der Waals surface area contributed by atoms with Crippen LogP contribution in [0.2, 0.25) is 0 Å². The Labute approximate surface area is 155 Å². The molecule has 0 spiro atoms. The molecule has 3 heterocycles. The number of para-hydroxylation sites is 1. The van der Waals surface area contributed by atoms with Crippen molar-refractivity contribution in [2.75, 3.05) is 26.2 Å². The number of nitrogens with zero attached hydrogens (tertiary/aromatic N) is 3. The maximum Gasteiger partial charge on any atom is 0.289 e. The number of piperazine rings is 1. The van der Waals surface area contributed by atoms with Crippen LogP contribution in [-0.4, -0.2) is 52.8 Å². The van der Waals surface area contributed by atoms with Crippen LogP contribution in [0.1, 0.15) is 21.3 Å². The first-order chi connectivity index (χ1) is 12.6. The van der Waals surface area contributed by atoms with E-state index in [4.69, 9.17) is 4.42 Å². The van der Waals surface area contributed by atoms with Crippen molar-refractivity contribution in [3.05, 3.63) is 52.2 Å². The molecule has 3 aromatic rings. The SMILES string of the molecule is Cc1csc(CC(=O)N2CCN(C(=O)c3cc4ccccc4o3)CC2)n1. The van der Waals surface area contributed by atoms with Gasteiger partial charge in [-0.05, 0) is 19.1 Å². The van der Waals surface area contributed by atoms with Gasteiger partial charge in [0.05, 0.1) is 6.42 Å². The van der Waals surface area contributed by atoms with Gasteiger partial charge in [0.15, 0.2) is 5.76 Å². The van der Waals surface area contributed by atoms with Crippen LogP contribution in [-0.2, 0) is 11.2 Å². The molecule has 2 amide bonds. The fraction of sp³-hybridized carbons (Fsp3) is 0.316. The van der Waals surface area contributed by atoms with Crippen LogP contribution < -0.4 is 0 Å². The van der Waals surface area contributed by atoms with Crippen LogP contribution in [0.3, 0.4) is 0 Å². The topological polar surface area (TPSA) is 66.7 Å². The van der Waals surface area contributed by atoms with Crippen molar-refractivity contribution in [3.63, 3.8) is 0 Å². The van der Waals surface area contributed by atoms with Crippen molar-refractivity contribution in [1.82, 2.24) is 14.8 Å². The zero-order chi connectivity index (χ0) is 18.1. The highest BCUT2D eigenvalue weighted by molar-refractivity contribution is 7.09. The molecule has 0 aliphatic carbocycles. The monoisotopic (exact) mass is 369 g/mol. The third-order valence-corrected chi connectivity index (χ3v) is 5.49. The van der Waals surface area contributed by atoms with Crippen LogP contribution in [0.5, 0.6) is 0 Å². The summed E-state index contributed by atoms with van der Waals surface area (Å²) in [7, 11) is 0. The van der Waals surface area contributed by atoms with Gasteiger partial charge < -0.3 is 14.2 Å². The van der Waals surface area contributed by atoms with Crippen LogP contribution in [0.25, 0.3) is 11.0 Å². The number of amides is 2. The molecule has 0 bridgehead atoms. The van der Waals surface area contributed by atoms with Crippen LogP contribution in [0.15, 0.2) is 40.1 Å². The number of fused-ring (bicyclic) bond motifs is 1. The highest BCUT2D eigenvalue weighted by atomic mass is 32.1. The summed E-state index contributed by atoms with van der Waals surface area (Å²) in [5.41, 5.74) is 1.66. The molecule has 1 aromatic carbocycles. The summed E-state index contributed by atoms with van der Waals surface area (Å²) in [4.78, 5) is 33.0. The zero-order valence-corrected chi connectivity index (χ0v) is 15.3. The minimum Gasteiger partial charge on any atom is -0.451 e. The first-order valence-corrected chi connectivity index (χ1v) is 9.45. The summed E-state index contributed by atoms with van der Waals surface area (Å²) in [6.45, 7) is 4.02. The van der Waals surface area contributed by atoms with Gasteiger partial charge >= 0.3 is 0 Å². The van der Waals surface area contributed by atoms with Crippen LogP contribution in [0.4, 0.5) is 0 Å². The number of aromatic nitrogens is 1. The van der Waals surface area contributed by atoms with Gasteiger partial charge in [0.2, 0.25) is 5.91 Å². The van der Waals surface area contributed by atoms with Crippen molar-refractivity contribution >= 4 is 34.1 Å². The van der Waals surface area contributed by atoms with Crippen molar-refractivity contribution in [3.8, 4) is 0 Å². The predicted octanol–water partition coefficient (Wildman–Crippen LogP) is 2.72. The molecule has 6 nitrogen and oxygen atoms in total. The zero-order valence-electron chi connectivity index (χ0n) is 14.5. The normalized spacial score (nSPS) is 14.8. The minimum atomic E-state index is -0.121. The maximum atomic E-state index is 12.7. The second kappa shape index (κ2) is 6.92. The fourth-order valence-corrected chi connectivity index (χ4v) is 3.89. The van der Waals surface area contributed by atoms with Gasteiger partial charge in [0.25, 0.3) is 5.91 Å². The summed E-state index contributed by atoms with van der Waals surface area (Å²) in [5, 5.41) is 3.71. The van der Waals surface area contributed by atoms with Crippen molar-refractivity contribution in [2.24, 2.45) is 0 Å². The molecule has 0 radical (unpaired) electrons. The van der Waals surface area contributed by atoms with Crippen LogP contribution in [0, 0.1) is 6.92 Å². The quantitative estimate of drug-likeness (QED) is 0.712. The molecular weight excluding hydrogens is 350 g/mol. The Morgan fingerprint density at radius 3 is 2.58 bits per heavy atom. The Morgan fingerprint density at radius 2 is 1.88 bits per heavy atom. The second-order valence-electron chi connectivity index (χ2n) is 6.38. The van der Waals surface area contributed by atoms with E-state index in [0.29, 0.717) is 43.9 Å². The second-order valence-corrected chi connectivity index (χ2v) is 7.32. The molecule has 0 unspecified atom stereocenters. The molecule has 26 heavy (non-hydrogen) atoms. The van der Waals surface area contributed by atoms with E-state index in [1.165, 1.54) is 11.3 Å². The smallest absolute Gasteiger partial charge is 0.289 e. The van der Waals surface area contributed by atoms with E-state index in [2.05, 4.69) is 4.98 Å². The lowest BCUT2D eigenvalue weighted by molar-refractivity contribution is -0.131. The number of rotatable bonds is 3. The Morgan fingerprint density at radius 1 is 1.15 bits per heavy atom. The number of carbonyl (C=O) groups is 2. The molecule has 1 aliphatic rings. The number of hydrogen-bond acceptors (Lipinski definition) is 5. The molecule has 4 rings (SSSR count).